The minimum absolute atomic E-state index is 0.267. The zero-order valence-corrected chi connectivity index (χ0v) is 17.5. The molecule has 1 spiro atoms. The monoisotopic (exact) mass is 389 g/mol. The van der Waals surface area contributed by atoms with Gasteiger partial charge in [-0.25, -0.2) is 0 Å². The highest BCUT2D eigenvalue weighted by atomic mass is 35.5. The highest BCUT2D eigenvalue weighted by molar-refractivity contribution is 6.31. The molecule has 3 aliphatic rings. The first-order chi connectivity index (χ1) is 13.0. The summed E-state index contributed by atoms with van der Waals surface area (Å²) in [7, 11) is 0. The topological polar surface area (TPSA) is 26.8 Å². The van der Waals surface area contributed by atoms with E-state index in [4.69, 9.17) is 11.6 Å². The van der Waals surface area contributed by atoms with Gasteiger partial charge in [-0.1, -0.05) is 17.7 Å². The van der Waals surface area contributed by atoms with E-state index in [0.717, 1.165) is 56.3 Å². The summed E-state index contributed by atoms with van der Waals surface area (Å²) in [6.07, 6.45) is 5.59. The number of amides is 1. The van der Waals surface area contributed by atoms with E-state index in [0.29, 0.717) is 11.9 Å². The van der Waals surface area contributed by atoms with Gasteiger partial charge in [-0.3, -0.25) is 4.79 Å². The van der Waals surface area contributed by atoms with Gasteiger partial charge < -0.3 is 14.7 Å². The van der Waals surface area contributed by atoms with Crippen LogP contribution in [-0.2, 0) is 4.79 Å². The second-order valence-electron chi connectivity index (χ2n) is 8.77. The number of aryl methyl sites for hydroxylation is 1. The Kier molecular flexibility index (Phi) is 5.39. The molecule has 3 fully saturated rings. The van der Waals surface area contributed by atoms with Gasteiger partial charge in [0.15, 0.2) is 0 Å². The number of nitrogens with zero attached hydrogens (tertiary/aromatic N) is 3. The molecule has 1 aromatic rings. The molecule has 0 atom stereocenters. The lowest BCUT2D eigenvalue weighted by atomic mass is 9.77. The Morgan fingerprint density at radius 2 is 1.85 bits per heavy atom. The summed E-state index contributed by atoms with van der Waals surface area (Å²) in [4.78, 5) is 19.4. The summed E-state index contributed by atoms with van der Waals surface area (Å²) in [5, 5.41) is 0.864. The van der Waals surface area contributed by atoms with Gasteiger partial charge in [0.2, 0.25) is 5.91 Å². The van der Waals surface area contributed by atoms with Crippen LogP contribution in [0.25, 0.3) is 0 Å². The normalized spacial score (nSPS) is 24.2. The largest absolute Gasteiger partial charge is 0.371 e. The molecule has 0 unspecified atom stereocenters. The van der Waals surface area contributed by atoms with Crippen molar-refractivity contribution in [1.82, 2.24) is 9.80 Å². The van der Waals surface area contributed by atoms with E-state index in [1.165, 1.54) is 31.4 Å². The van der Waals surface area contributed by atoms with Crippen molar-refractivity contribution in [2.75, 3.05) is 44.2 Å². The SMILES string of the molecule is CCN1CC2(CCN(C3CCN(c4ccc(C)c(Cl)c4)CC3)CC2)CC1=O. The van der Waals surface area contributed by atoms with Gasteiger partial charge >= 0.3 is 0 Å². The molecule has 4 rings (SSSR count). The molecule has 5 heteroatoms. The lowest BCUT2D eigenvalue weighted by Crippen LogP contribution is -2.50. The molecule has 3 saturated heterocycles. The summed E-state index contributed by atoms with van der Waals surface area (Å²) < 4.78 is 0. The second kappa shape index (κ2) is 7.63. The van der Waals surface area contributed by atoms with Gasteiger partial charge in [-0.15, -0.1) is 0 Å². The Balaban J connectivity index is 1.30. The smallest absolute Gasteiger partial charge is 0.223 e. The molecule has 0 aromatic heterocycles. The fraction of sp³-hybridized carbons (Fsp3) is 0.682. The minimum atomic E-state index is 0.267. The van der Waals surface area contributed by atoms with Crippen LogP contribution in [0.4, 0.5) is 5.69 Å². The van der Waals surface area contributed by atoms with Gasteiger partial charge in [-0.05, 0) is 75.7 Å². The molecule has 0 N–H and O–H groups in total. The lowest BCUT2D eigenvalue weighted by molar-refractivity contribution is -0.127. The fourth-order valence-corrected chi connectivity index (χ4v) is 5.41. The molecule has 1 aromatic carbocycles. The van der Waals surface area contributed by atoms with Gasteiger partial charge in [0.1, 0.15) is 0 Å². The van der Waals surface area contributed by atoms with Crippen molar-refractivity contribution in [3.05, 3.63) is 28.8 Å². The third-order valence-electron chi connectivity index (χ3n) is 7.15. The molecular formula is C22H32ClN3O. The van der Waals surface area contributed by atoms with E-state index in [9.17, 15) is 4.79 Å². The number of halogens is 1. The standard InChI is InChI=1S/C22H32ClN3O/c1-3-24-16-22(15-21(24)27)8-12-26(13-9-22)18-6-10-25(11-7-18)19-5-4-17(2)20(23)14-19/h4-5,14,18H,3,6-13,15-16H2,1-2H3. The summed E-state index contributed by atoms with van der Waals surface area (Å²) in [6.45, 7) is 10.5. The average Bonchev–Trinajstić information content (AvgIpc) is 3.00. The number of hydrogen-bond acceptors (Lipinski definition) is 3. The van der Waals surface area contributed by atoms with Crippen LogP contribution in [0, 0.1) is 12.3 Å². The number of hydrogen-bond donors (Lipinski definition) is 0. The molecule has 4 nitrogen and oxygen atoms in total. The maximum Gasteiger partial charge on any atom is 0.223 e. The predicted molar refractivity (Wildman–Crippen MR) is 112 cm³/mol. The zero-order valence-electron chi connectivity index (χ0n) is 16.7. The molecule has 148 valence electrons. The van der Waals surface area contributed by atoms with Gasteiger partial charge in [0, 0.05) is 49.4 Å². The first kappa shape index (κ1) is 19.1. The molecular weight excluding hydrogens is 358 g/mol. The Hall–Kier alpha value is -1.26. The molecule has 0 bridgehead atoms. The lowest BCUT2D eigenvalue weighted by Gasteiger charge is -2.45. The maximum absolute atomic E-state index is 12.2. The van der Waals surface area contributed by atoms with Crippen LogP contribution in [-0.4, -0.2) is 61.0 Å². The Bertz CT molecular complexity index is 691. The fourth-order valence-electron chi connectivity index (χ4n) is 5.24. The second-order valence-corrected chi connectivity index (χ2v) is 9.18. The first-order valence-electron chi connectivity index (χ1n) is 10.5. The highest BCUT2D eigenvalue weighted by Crippen LogP contribution is 2.42. The molecule has 1 amide bonds. The van der Waals surface area contributed by atoms with Crippen LogP contribution >= 0.6 is 11.6 Å². The number of benzene rings is 1. The number of carbonyl (C=O) groups is 1. The van der Waals surface area contributed by atoms with Gasteiger partial charge in [0.05, 0.1) is 0 Å². The van der Waals surface area contributed by atoms with E-state index in [1.54, 1.807) is 0 Å². The van der Waals surface area contributed by atoms with Crippen molar-refractivity contribution in [2.45, 2.75) is 52.0 Å². The van der Waals surface area contributed by atoms with E-state index in [2.05, 4.69) is 46.7 Å². The van der Waals surface area contributed by atoms with Crippen LogP contribution in [0.5, 0.6) is 0 Å². The predicted octanol–water partition coefficient (Wildman–Crippen LogP) is 3.95. The van der Waals surface area contributed by atoms with Gasteiger partial charge in [-0.2, -0.15) is 0 Å². The van der Waals surface area contributed by atoms with Crippen LogP contribution in [0.15, 0.2) is 18.2 Å². The minimum Gasteiger partial charge on any atom is -0.371 e. The van der Waals surface area contributed by atoms with Crippen LogP contribution in [0.1, 0.15) is 44.6 Å². The molecule has 0 radical (unpaired) electrons. The van der Waals surface area contributed by atoms with E-state index in [-0.39, 0.29) is 5.41 Å². The number of likely N-dealkylation sites (tertiary alicyclic amines) is 2. The Labute approximate surface area is 168 Å². The summed E-state index contributed by atoms with van der Waals surface area (Å²) in [5.74, 6) is 0.371. The zero-order chi connectivity index (χ0) is 19.0. The van der Waals surface area contributed by atoms with E-state index < -0.39 is 0 Å². The van der Waals surface area contributed by atoms with Gasteiger partial charge in [0.25, 0.3) is 0 Å². The number of rotatable bonds is 3. The van der Waals surface area contributed by atoms with Crippen LogP contribution < -0.4 is 4.90 Å². The van der Waals surface area contributed by atoms with Crippen LogP contribution in [0.3, 0.4) is 0 Å². The average molecular weight is 390 g/mol. The van der Waals surface area contributed by atoms with Crippen molar-refractivity contribution in [3.63, 3.8) is 0 Å². The van der Waals surface area contributed by atoms with Crippen molar-refractivity contribution in [1.29, 1.82) is 0 Å². The Morgan fingerprint density at radius 3 is 2.44 bits per heavy atom. The number of anilines is 1. The number of carbonyl (C=O) groups excluding carboxylic acids is 1. The van der Waals surface area contributed by atoms with Crippen molar-refractivity contribution >= 4 is 23.2 Å². The third-order valence-corrected chi connectivity index (χ3v) is 7.55. The summed E-state index contributed by atoms with van der Waals surface area (Å²) in [6, 6.07) is 7.12. The number of piperidine rings is 2. The summed E-state index contributed by atoms with van der Waals surface area (Å²) >= 11 is 6.31. The molecule has 0 aliphatic carbocycles. The van der Waals surface area contributed by atoms with Crippen molar-refractivity contribution < 1.29 is 4.79 Å². The van der Waals surface area contributed by atoms with Crippen molar-refractivity contribution in [2.24, 2.45) is 5.41 Å². The molecule has 3 heterocycles. The first-order valence-corrected chi connectivity index (χ1v) is 10.9. The van der Waals surface area contributed by atoms with Crippen molar-refractivity contribution in [3.8, 4) is 0 Å². The Morgan fingerprint density at radius 1 is 1.15 bits per heavy atom. The highest BCUT2D eigenvalue weighted by Gasteiger charge is 2.45. The van der Waals surface area contributed by atoms with Crippen LogP contribution in [0.2, 0.25) is 5.02 Å². The molecule has 0 saturated carbocycles. The summed E-state index contributed by atoms with van der Waals surface area (Å²) in [5.41, 5.74) is 2.67. The quantitative estimate of drug-likeness (QED) is 0.783. The molecule has 27 heavy (non-hydrogen) atoms. The van der Waals surface area contributed by atoms with E-state index >= 15 is 0 Å². The third kappa shape index (κ3) is 3.84. The van der Waals surface area contributed by atoms with E-state index in [1.807, 2.05) is 0 Å². The molecule has 3 aliphatic heterocycles. The maximum atomic E-state index is 12.2.